The highest BCUT2D eigenvalue weighted by Crippen LogP contribution is 2.32. The molecule has 23 heavy (non-hydrogen) atoms. The Kier molecular flexibility index (Phi) is 6.11. The highest BCUT2D eigenvalue weighted by atomic mass is 32.2. The van der Waals surface area contributed by atoms with Crippen molar-refractivity contribution in [2.75, 3.05) is 19.4 Å². The Morgan fingerprint density at radius 2 is 1.96 bits per heavy atom. The molecule has 1 aromatic rings. The van der Waals surface area contributed by atoms with E-state index in [0.29, 0.717) is 10.9 Å². The monoisotopic (exact) mass is 356 g/mol. The van der Waals surface area contributed by atoms with Crippen LogP contribution in [0.3, 0.4) is 0 Å². The van der Waals surface area contributed by atoms with Gasteiger partial charge < -0.3 is 5.32 Å². The molecule has 128 valence electrons. The number of nitrogens with zero attached hydrogens (tertiary/aromatic N) is 1. The van der Waals surface area contributed by atoms with E-state index in [9.17, 15) is 13.2 Å². The van der Waals surface area contributed by atoms with E-state index < -0.39 is 10.0 Å². The van der Waals surface area contributed by atoms with E-state index in [0.717, 1.165) is 4.31 Å². The molecule has 0 unspecified atom stereocenters. The lowest BCUT2D eigenvalue weighted by atomic mass is 10.3. The second kappa shape index (κ2) is 7.68. The summed E-state index contributed by atoms with van der Waals surface area (Å²) in [5.74, 6) is -0.0821. The smallest absolute Gasteiger partial charge is 0.242 e. The van der Waals surface area contributed by atoms with Gasteiger partial charge >= 0.3 is 0 Å². The molecule has 0 saturated heterocycles. The molecule has 5 nitrogen and oxygen atoms in total. The fourth-order valence-electron chi connectivity index (χ4n) is 2.56. The lowest BCUT2D eigenvalue weighted by molar-refractivity contribution is -0.115. The molecular formula is C16H24N2O3S2. The van der Waals surface area contributed by atoms with Crippen molar-refractivity contribution in [1.82, 2.24) is 4.31 Å². The summed E-state index contributed by atoms with van der Waals surface area (Å²) in [6.07, 6.45) is 4.85. The second-order valence-corrected chi connectivity index (χ2v) is 9.79. The average molecular weight is 357 g/mol. The predicted octanol–water partition coefficient (Wildman–Crippen LogP) is 2.94. The van der Waals surface area contributed by atoms with Gasteiger partial charge in [-0.05, 0) is 38.0 Å². The predicted molar refractivity (Wildman–Crippen MR) is 95.3 cm³/mol. The maximum Gasteiger partial charge on any atom is 0.242 e. The van der Waals surface area contributed by atoms with Crippen molar-refractivity contribution < 1.29 is 13.2 Å². The number of anilines is 1. The number of hydrogen-bond acceptors (Lipinski definition) is 4. The first-order valence-corrected chi connectivity index (χ1v) is 10.2. The van der Waals surface area contributed by atoms with Crippen molar-refractivity contribution in [3.05, 3.63) is 24.3 Å². The number of benzene rings is 1. The molecule has 0 spiro atoms. The van der Waals surface area contributed by atoms with Crippen LogP contribution in [0, 0.1) is 0 Å². The van der Waals surface area contributed by atoms with Gasteiger partial charge in [-0.3, -0.25) is 4.79 Å². The van der Waals surface area contributed by atoms with Crippen LogP contribution >= 0.6 is 11.8 Å². The van der Waals surface area contributed by atoms with Crippen LogP contribution in [0.15, 0.2) is 29.2 Å². The summed E-state index contributed by atoms with van der Waals surface area (Å²) < 4.78 is 25.4. The van der Waals surface area contributed by atoms with E-state index in [4.69, 9.17) is 0 Å². The van der Waals surface area contributed by atoms with Gasteiger partial charge in [-0.1, -0.05) is 18.9 Å². The summed E-state index contributed by atoms with van der Waals surface area (Å²) in [7, 11) is -0.523. The molecule has 1 saturated carbocycles. The summed E-state index contributed by atoms with van der Waals surface area (Å²) in [6.45, 7) is 1.90. The molecule has 2 rings (SSSR count). The molecular weight excluding hydrogens is 332 g/mol. The van der Waals surface area contributed by atoms with Crippen LogP contribution < -0.4 is 5.32 Å². The Labute approximate surface area is 142 Å². The summed E-state index contributed by atoms with van der Waals surface area (Å²) in [6, 6.07) is 6.38. The van der Waals surface area contributed by atoms with Crippen molar-refractivity contribution in [3.8, 4) is 0 Å². The molecule has 7 heteroatoms. The second-order valence-electron chi connectivity index (χ2n) is 5.99. The van der Waals surface area contributed by atoms with Gasteiger partial charge in [0.05, 0.1) is 10.1 Å². The summed E-state index contributed by atoms with van der Waals surface area (Å²) in [5, 5.41) is 3.24. The van der Waals surface area contributed by atoms with Crippen LogP contribution in [0.1, 0.15) is 32.6 Å². The number of thioether (sulfide) groups is 1. The van der Waals surface area contributed by atoms with Crippen molar-refractivity contribution in [2.24, 2.45) is 0 Å². The highest BCUT2D eigenvalue weighted by molar-refractivity contribution is 8.01. The SMILES string of the molecule is C[C@@H](SC1CCCC1)C(=O)Nc1cccc(S(=O)(=O)N(C)C)c1. The quantitative estimate of drug-likeness (QED) is 0.851. The third kappa shape index (κ3) is 4.71. The molecule has 1 aliphatic rings. The zero-order chi connectivity index (χ0) is 17.0. The van der Waals surface area contributed by atoms with E-state index in [2.05, 4.69) is 5.32 Å². The largest absolute Gasteiger partial charge is 0.325 e. The summed E-state index contributed by atoms with van der Waals surface area (Å²) >= 11 is 1.71. The minimum absolute atomic E-state index is 0.0821. The normalized spacial score (nSPS) is 17.4. The zero-order valence-corrected chi connectivity index (χ0v) is 15.4. The number of nitrogens with one attached hydrogen (secondary N) is 1. The van der Waals surface area contributed by atoms with Crippen molar-refractivity contribution >= 4 is 33.4 Å². The number of carbonyl (C=O) groups is 1. The highest BCUT2D eigenvalue weighted by Gasteiger charge is 2.23. The summed E-state index contributed by atoms with van der Waals surface area (Å²) in [4.78, 5) is 12.5. The van der Waals surface area contributed by atoms with Crippen LogP contribution in [0.25, 0.3) is 0 Å². The molecule has 0 heterocycles. The Morgan fingerprint density at radius 1 is 1.30 bits per heavy atom. The number of rotatable bonds is 6. The average Bonchev–Trinajstić information content (AvgIpc) is 3.00. The molecule has 1 aromatic carbocycles. The van der Waals surface area contributed by atoms with Crippen molar-refractivity contribution in [3.63, 3.8) is 0 Å². The summed E-state index contributed by atoms with van der Waals surface area (Å²) in [5.41, 5.74) is 0.511. The maximum atomic E-state index is 12.3. The first-order chi connectivity index (χ1) is 10.8. The minimum atomic E-state index is -3.50. The first-order valence-electron chi connectivity index (χ1n) is 7.79. The van der Waals surface area contributed by atoms with Crippen LogP contribution in [0.5, 0.6) is 0 Å². The lowest BCUT2D eigenvalue weighted by Crippen LogP contribution is -2.25. The first kappa shape index (κ1) is 18.3. The van der Waals surface area contributed by atoms with Crippen LogP contribution in [-0.4, -0.2) is 43.2 Å². The van der Waals surface area contributed by atoms with Crippen LogP contribution in [0.4, 0.5) is 5.69 Å². The molecule has 1 fully saturated rings. The fraction of sp³-hybridized carbons (Fsp3) is 0.562. The molecule has 0 bridgehead atoms. The van der Waals surface area contributed by atoms with Gasteiger partial charge in [0, 0.05) is 25.0 Å². The van der Waals surface area contributed by atoms with Crippen molar-refractivity contribution in [1.29, 1.82) is 0 Å². The van der Waals surface area contributed by atoms with E-state index in [1.807, 2.05) is 6.92 Å². The van der Waals surface area contributed by atoms with Gasteiger partial charge in [-0.2, -0.15) is 0 Å². The van der Waals surface area contributed by atoms with Gasteiger partial charge in [-0.15, -0.1) is 11.8 Å². The number of sulfonamides is 1. The van der Waals surface area contributed by atoms with Gasteiger partial charge in [0.25, 0.3) is 0 Å². The van der Waals surface area contributed by atoms with Gasteiger partial charge in [-0.25, -0.2) is 12.7 Å². The molecule has 1 N–H and O–H groups in total. The maximum absolute atomic E-state index is 12.3. The Bertz CT molecular complexity index is 653. The van der Waals surface area contributed by atoms with E-state index in [1.54, 1.807) is 23.9 Å². The van der Waals surface area contributed by atoms with Crippen LogP contribution in [0.2, 0.25) is 0 Å². The van der Waals surface area contributed by atoms with E-state index >= 15 is 0 Å². The fourth-order valence-corrected chi connectivity index (χ4v) is 4.88. The van der Waals surface area contributed by atoms with Crippen LogP contribution in [-0.2, 0) is 14.8 Å². The van der Waals surface area contributed by atoms with E-state index in [1.165, 1.54) is 51.9 Å². The van der Waals surface area contributed by atoms with Gasteiger partial charge in [0.2, 0.25) is 15.9 Å². The Hall–Kier alpha value is -1.05. The number of amides is 1. The Balaban J connectivity index is 2.03. The third-order valence-electron chi connectivity index (χ3n) is 3.95. The van der Waals surface area contributed by atoms with Gasteiger partial charge in [0.15, 0.2) is 0 Å². The Morgan fingerprint density at radius 3 is 2.57 bits per heavy atom. The molecule has 0 radical (unpaired) electrons. The van der Waals surface area contributed by atoms with Crippen molar-refractivity contribution in [2.45, 2.75) is 48.0 Å². The number of hydrogen-bond donors (Lipinski definition) is 1. The zero-order valence-electron chi connectivity index (χ0n) is 13.8. The molecule has 0 aromatic heterocycles. The molecule has 1 atom stereocenters. The van der Waals surface area contributed by atoms with Gasteiger partial charge in [0.1, 0.15) is 0 Å². The third-order valence-corrected chi connectivity index (χ3v) is 7.24. The lowest BCUT2D eigenvalue weighted by Gasteiger charge is -2.17. The number of carbonyl (C=O) groups excluding carboxylic acids is 1. The molecule has 0 aliphatic heterocycles. The minimum Gasteiger partial charge on any atom is -0.325 e. The molecule has 1 aliphatic carbocycles. The molecule has 1 amide bonds. The topological polar surface area (TPSA) is 66.5 Å². The standard InChI is InChI=1S/C16H24N2O3S2/c1-12(22-14-8-4-5-9-14)16(19)17-13-7-6-10-15(11-13)23(20,21)18(2)3/h6-7,10-12,14H,4-5,8-9H2,1-3H3,(H,17,19)/t12-/m1/s1. The van der Waals surface area contributed by atoms with E-state index in [-0.39, 0.29) is 16.1 Å².